The molecule has 0 bridgehead atoms. The highest BCUT2D eigenvalue weighted by atomic mass is 79.9. The molecule has 2 nitrogen and oxygen atoms in total. The lowest BCUT2D eigenvalue weighted by molar-refractivity contribution is 0.515. The molecule has 112 valence electrons. The highest BCUT2D eigenvalue weighted by Crippen LogP contribution is 2.25. The second-order valence-corrected chi connectivity index (χ2v) is 6.09. The maximum absolute atomic E-state index is 13.3. The van der Waals surface area contributed by atoms with Crippen LogP contribution < -0.4 is 5.32 Å². The smallest absolute Gasteiger partial charge is 0.141 e. The van der Waals surface area contributed by atoms with Crippen LogP contribution in [0.15, 0.2) is 41.0 Å². The Morgan fingerprint density at radius 1 is 1.38 bits per heavy atom. The highest BCUT2D eigenvalue weighted by Gasteiger charge is 2.16. The summed E-state index contributed by atoms with van der Waals surface area (Å²) in [6.45, 7) is 3.01. The van der Waals surface area contributed by atoms with Gasteiger partial charge in [0.05, 0.1) is 16.8 Å². The third kappa shape index (κ3) is 4.50. The van der Waals surface area contributed by atoms with Crippen LogP contribution in [0.3, 0.4) is 0 Å². The van der Waals surface area contributed by atoms with E-state index in [1.165, 1.54) is 6.07 Å². The van der Waals surface area contributed by atoms with Gasteiger partial charge in [-0.25, -0.2) is 4.39 Å². The predicted octanol–water partition coefficient (Wildman–Crippen LogP) is 4.92. The lowest BCUT2D eigenvalue weighted by Gasteiger charge is -2.19. The van der Waals surface area contributed by atoms with E-state index in [-0.39, 0.29) is 11.1 Å². The van der Waals surface area contributed by atoms with Crippen molar-refractivity contribution in [2.75, 3.05) is 6.54 Å². The van der Waals surface area contributed by atoms with Gasteiger partial charge in [-0.3, -0.25) is 4.98 Å². The highest BCUT2D eigenvalue weighted by molar-refractivity contribution is 9.10. The van der Waals surface area contributed by atoms with E-state index < -0.39 is 5.82 Å². The molecule has 21 heavy (non-hydrogen) atoms. The number of nitrogens with one attached hydrogen (secondary N) is 1. The SMILES string of the molecule is CCCNC(Cc1ccc(F)c(Cl)c1)c1ncccc1Br. The van der Waals surface area contributed by atoms with Crippen LogP contribution in [0, 0.1) is 5.82 Å². The number of rotatable bonds is 6. The molecule has 0 aliphatic rings. The van der Waals surface area contributed by atoms with Gasteiger partial charge >= 0.3 is 0 Å². The first-order chi connectivity index (χ1) is 10.1. The Kier molecular flexibility index (Phi) is 6.15. The van der Waals surface area contributed by atoms with Gasteiger partial charge in [0.2, 0.25) is 0 Å². The Balaban J connectivity index is 2.24. The number of nitrogens with zero attached hydrogens (tertiary/aromatic N) is 1. The van der Waals surface area contributed by atoms with Crippen molar-refractivity contribution in [2.24, 2.45) is 0 Å². The predicted molar refractivity (Wildman–Crippen MR) is 88.1 cm³/mol. The zero-order valence-corrected chi connectivity index (χ0v) is 14.1. The molecule has 0 spiro atoms. The first kappa shape index (κ1) is 16.4. The standard InChI is InChI=1S/C16H17BrClFN2/c1-2-7-20-15(16-12(17)4-3-8-21-16)10-11-5-6-14(19)13(18)9-11/h3-6,8-9,15,20H,2,7,10H2,1H3. The molecule has 0 saturated heterocycles. The summed E-state index contributed by atoms with van der Waals surface area (Å²) >= 11 is 9.40. The number of pyridine rings is 1. The van der Waals surface area contributed by atoms with Gasteiger partial charge in [0.15, 0.2) is 0 Å². The Morgan fingerprint density at radius 2 is 2.19 bits per heavy atom. The van der Waals surface area contributed by atoms with Gasteiger partial charge in [-0.15, -0.1) is 0 Å². The maximum Gasteiger partial charge on any atom is 0.141 e. The van der Waals surface area contributed by atoms with Crippen LogP contribution in [-0.4, -0.2) is 11.5 Å². The van der Waals surface area contributed by atoms with Crippen LogP contribution in [0.4, 0.5) is 4.39 Å². The fourth-order valence-electron chi connectivity index (χ4n) is 2.14. The second kappa shape index (κ2) is 7.87. The summed E-state index contributed by atoms with van der Waals surface area (Å²) < 4.78 is 14.2. The van der Waals surface area contributed by atoms with E-state index in [2.05, 4.69) is 33.2 Å². The third-order valence-corrected chi connectivity index (χ3v) is 4.14. The number of halogens is 3. The Bertz CT molecular complexity index is 607. The van der Waals surface area contributed by atoms with Crippen molar-refractivity contribution >= 4 is 27.5 Å². The molecule has 1 heterocycles. The van der Waals surface area contributed by atoms with Gasteiger partial charge in [0.25, 0.3) is 0 Å². The van der Waals surface area contributed by atoms with E-state index in [4.69, 9.17) is 11.6 Å². The molecular formula is C16H17BrClFN2. The number of aromatic nitrogens is 1. The van der Waals surface area contributed by atoms with Gasteiger partial charge in [0, 0.05) is 10.7 Å². The molecule has 1 unspecified atom stereocenters. The first-order valence-corrected chi connectivity index (χ1v) is 8.06. The molecule has 1 aromatic carbocycles. The summed E-state index contributed by atoms with van der Waals surface area (Å²) in [5.74, 6) is -0.391. The zero-order chi connectivity index (χ0) is 15.2. The van der Waals surface area contributed by atoms with Gasteiger partial charge in [-0.2, -0.15) is 0 Å². The van der Waals surface area contributed by atoms with E-state index in [1.54, 1.807) is 18.3 Å². The molecule has 0 aliphatic carbocycles. The topological polar surface area (TPSA) is 24.9 Å². The third-order valence-electron chi connectivity index (χ3n) is 3.18. The molecule has 0 fully saturated rings. The Morgan fingerprint density at radius 3 is 2.86 bits per heavy atom. The van der Waals surface area contributed by atoms with Crippen molar-refractivity contribution in [2.45, 2.75) is 25.8 Å². The molecule has 0 saturated carbocycles. The summed E-state index contributed by atoms with van der Waals surface area (Å²) in [7, 11) is 0. The van der Waals surface area contributed by atoms with Crippen molar-refractivity contribution in [3.8, 4) is 0 Å². The van der Waals surface area contributed by atoms with Gasteiger partial charge in [-0.05, 0) is 65.1 Å². The fourth-order valence-corrected chi connectivity index (χ4v) is 2.88. The van der Waals surface area contributed by atoms with Crippen molar-refractivity contribution in [3.63, 3.8) is 0 Å². The normalized spacial score (nSPS) is 12.4. The summed E-state index contributed by atoms with van der Waals surface area (Å²) in [5, 5.41) is 3.63. The van der Waals surface area contributed by atoms with Crippen molar-refractivity contribution in [1.29, 1.82) is 0 Å². The monoisotopic (exact) mass is 370 g/mol. The van der Waals surface area contributed by atoms with E-state index in [0.717, 1.165) is 28.7 Å². The summed E-state index contributed by atoms with van der Waals surface area (Å²) in [5.41, 5.74) is 1.93. The molecule has 1 N–H and O–H groups in total. The van der Waals surface area contributed by atoms with Crippen LogP contribution in [0.25, 0.3) is 0 Å². The van der Waals surface area contributed by atoms with Crippen LogP contribution >= 0.6 is 27.5 Å². The van der Waals surface area contributed by atoms with Gasteiger partial charge in [-0.1, -0.05) is 24.6 Å². The van der Waals surface area contributed by atoms with Crippen LogP contribution in [0.2, 0.25) is 5.02 Å². The minimum Gasteiger partial charge on any atom is -0.308 e. The minimum atomic E-state index is -0.391. The molecule has 0 radical (unpaired) electrons. The fraction of sp³-hybridized carbons (Fsp3) is 0.312. The Labute approximate surface area is 137 Å². The Hall–Kier alpha value is -0.970. The minimum absolute atomic E-state index is 0.0575. The lowest BCUT2D eigenvalue weighted by Crippen LogP contribution is -2.25. The molecule has 1 aromatic heterocycles. The number of benzene rings is 1. The van der Waals surface area contributed by atoms with Crippen LogP contribution in [0.1, 0.15) is 30.6 Å². The van der Waals surface area contributed by atoms with Crippen LogP contribution in [0.5, 0.6) is 0 Å². The van der Waals surface area contributed by atoms with Gasteiger partial charge in [0.1, 0.15) is 5.82 Å². The number of hydrogen-bond acceptors (Lipinski definition) is 2. The van der Waals surface area contributed by atoms with Crippen molar-refractivity contribution < 1.29 is 4.39 Å². The summed E-state index contributed by atoms with van der Waals surface area (Å²) in [6.07, 6.45) is 3.51. The van der Waals surface area contributed by atoms with E-state index >= 15 is 0 Å². The average molecular weight is 372 g/mol. The molecule has 5 heteroatoms. The first-order valence-electron chi connectivity index (χ1n) is 6.89. The molecule has 0 aliphatic heterocycles. The largest absolute Gasteiger partial charge is 0.308 e. The average Bonchev–Trinajstić information content (AvgIpc) is 2.48. The molecular weight excluding hydrogens is 355 g/mol. The van der Waals surface area contributed by atoms with Crippen molar-refractivity contribution in [1.82, 2.24) is 10.3 Å². The lowest BCUT2D eigenvalue weighted by atomic mass is 10.0. The molecule has 2 rings (SSSR count). The second-order valence-electron chi connectivity index (χ2n) is 4.83. The van der Waals surface area contributed by atoms with Gasteiger partial charge < -0.3 is 5.32 Å². The van der Waals surface area contributed by atoms with E-state index in [0.29, 0.717) is 6.42 Å². The van der Waals surface area contributed by atoms with E-state index in [9.17, 15) is 4.39 Å². The summed E-state index contributed by atoms with van der Waals surface area (Å²) in [6, 6.07) is 8.76. The molecule has 0 amide bonds. The van der Waals surface area contributed by atoms with E-state index in [1.807, 2.05) is 12.1 Å². The zero-order valence-electron chi connectivity index (χ0n) is 11.7. The number of hydrogen-bond donors (Lipinski definition) is 1. The maximum atomic E-state index is 13.3. The summed E-state index contributed by atoms with van der Waals surface area (Å²) in [4.78, 5) is 4.45. The van der Waals surface area contributed by atoms with Crippen molar-refractivity contribution in [3.05, 3.63) is 63.1 Å². The molecule has 1 atom stereocenters. The molecule has 2 aromatic rings. The quantitative estimate of drug-likeness (QED) is 0.779. The van der Waals surface area contributed by atoms with Crippen LogP contribution in [-0.2, 0) is 6.42 Å².